The molecule has 0 fully saturated rings. The standard InChI is InChI=1S/C8H7BrF2O/c9-6-4-8(11)7(10)3-5(6)1-2-12/h3-4,12H,1-2H2. The summed E-state index contributed by atoms with van der Waals surface area (Å²) >= 11 is 3.06. The van der Waals surface area contributed by atoms with Crippen molar-refractivity contribution in [3.8, 4) is 0 Å². The number of aliphatic hydroxyl groups excluding tert-OH is 1. The van der Waals surface area contributed by atoms with Gasteiger partial charge in [-0.2, -0.15) is 0 Å². The van der Waals surface area contributed by atoms with E-state index in [-0.39, 0.29) is 6.61 Å². The van der Waals surface area contributed by atoms with Crippen LogP contribution in [0.1, 0.15) is 5.56 Å². The Bertz CT molecular complexity index is 289. The topological polar surface area (TPSA) is 20.2 Å². The average Bonchev–Trinajstić information content (AvgIpc) is 2.01. The summed E-state index contributed by atoms with van der Waals surface area (Å²) < 4.78 is 25.6. The first-order valence-corrected chi connectivity index (χ1v) is 4.18. The van der Waals surface area contributed by atoms with Crippen molar-refractivity contribution in [2.45, 2.75) is 6.42 Å². The summed E-state index contributed by atoms with van der Waals surface area (Å²) in [5, 5.41) is 8.57. The van der Waals surface area contributed by atoms with Gasteiger partial charge in [0.05, 0.1) is 0 Å². The second-order valence-corrected chi connectivity index (χ2v) is 3.19. The van der Waals surface area contributed by atoms with Crippen LogP contribution in [0.25, 0.3) is 0 Å². The molecule has 4 heteroatoms. The van der Waals surface area contributed by atoms with Crippen LogP contribution in [0.2, 0.25) is 0 Å². The van der Waals surface area contributed by atoms with Crippen molar-refractivity contribution in [2.24, 2.45) is 0 Å². The Morgan fingerprint density at radius 3 is 2.42 bits per heavy atom. The number of hydrogen-bond donors (Lipinski definition) is 1. The molecule has 1 rings (SSSR count). The minimum atomic E-state index is -0.887. The number of halogens is 3. The van der Waals surface area contributed by atoms with Gasteiger partial charge in [-0.15, -0.1) is 0 Å². The largest absolute Gasteiger partial charge is 0.396 e. The monoisotopic (exact) mass is 236 g/mol. The van der Waals surface area contributed by atoms with Crippen molar-refractivity contribution in [3.05, 3.63) is 33.8 Å². The summed E-state index contributed by atoms with van der Waals surface area (Å²) in [5.74, 6) is -1.77. The molecule has 66 valence electrons. The minimum absolute atomic E-state index is 0.0797. The van der Waals surface area contributed by atoms with Crippen LogP contribution >= 0.6 is 15.9 Å². The van der Waals surface area contributed by atoms with Crippen LogP contribution in [0, 0.1) is 11.6 Å². The Labute approximate surface area is 77.2 Å². The quantitative estimate of drug-likeness (QED) is 0.782. The Morgan fingerprint density at radius 1 is 1.25 bits per heavy atom. The lowest BCUT2D eigenvalue weighted by molar-refractivity contribution is 0.299. The third-order valence-corrected chi connectivity index (χ3v) is 2.21. The van der Waals surface area contributed by atoms with Gasteiger partial charge in [0.15, 0.2) is 11.6 Å². The molecule has 0 spiro atoms. The molecule has 1 aromatic carbocycles. The molecule has 0 aliphatic rings. The predicted molar refractivity (Wildman–Crippen MR) is 44.8 cm³/mol. The summed E-state index contributed by atoms with van der Waals surface area (Å²) in [6.07, 6.45) is 0.317. The van der Waals surface area contributed by atoms with Crippen molar-refractivity contribution >= 4 is 15.9 Å². The molecule has 0 saturated heterocycles. The first-order chi connectivity index (χ1) is 5.65. The summed E-state index contributed by atoms with van der Waals surface area (Å²) in [7, 11) is 0. The zero-order valence-electron chi connectivity index (χ0n) is 6.15. The fraction of sp³-hybridized carbons (Fsp3) is 0.250. The van der Waals surface area contributed by atoms with Gasteiger partial charge in [0, 0.05) is 11.1 Å². The molecule has 0 amide bonds. The van der Waals surface area contributed by atoms with Crippen LogP contribution in [0.15, 0.2) is 16.6 Å². The SMILES string of the molecule is OCCc1cc(F)c(F)cc1Br. The van der Waals surface area contributed by atoms with Crippen LogP contribution in [-0.2, 0) is 6.42 Å². The Kier molecular flexibility index (Phi) is 3.17. The number of aliphatic hydroxyl groups is 1. The van der Waals surface area contributed by atoms with Crippen LogP contribution in [0.3, 0.4) is 0 Å². The fourth-order valence-corrected chi connectivity index (χ4v) is 1.39. The van der Waals surface area contributed by atoms with E-state index in [9.17, 15) is 8.78 Å². The Hall–Kier alpha value is -0.480. The molecule has 1 aromatic rings. The van der Waals surface area contributed by atoms with E-state index in [1.807, 2.05) is 0 Å². The highest BCUT2D eigenvalue weighted by Crippen LogP contribution is 2.20. The van der Waals surface area contributed by atoms with E-state index in [0.717, 1.165) is 12.1 Å². The molecule has 0 heterocycles. The zero-order chi connectivity index (χ0) is 9.14. The third-order valence-electron chi connectivity index (χ3n) is 1.47. The first-order valence-electron chi connectivity index (χ1n) is 3.39. The van der Waals surface area contributed by atoms with Gasteiger partial charge in [-0.3, -0.25) is 0 Å². The van der Waals surface area contributed by atoms with Crippen LogP contribution in [0.5, 0.6) is 0 Å². The van der Waals surface area contributed by atoms with Gasteiger partial charge in [0.25, 0.3) is 0 Å². The lowest BCUT2D eigenvalue weighted by Gasteiger charge is -2.02. The molecule has 0 atom stereocenters. The Balaban J connectivity index is 3.05. The van der Waals surface area contributed by atoms with Gasteiger partial charge >= 0.3 is 0 Å². The van der Waals surface area contributed by atoms with Gasteiger partial charge < -0.3 is 5.11 Å². The molecular weight excluding hydrogens is 230 g/mol. The maximum absolute atomic E-state index is 12.6. The highest BCUT2D eigenvalue weighted by atomic mass is 79.9. The van der Waals surface area contributed by atoms with E-state index in [4.69, 9.17) is 5.11 Å². The van der Waals surface area contributed by atoms with E-state index >= 15 is 0 Å². The van der Waals surface area contributed by atoms with Gasteiger partial charge in [-0.25, -0.2) is 8.78 Å². The average molecular weight is 237 g/mol. The maximum Gasteiger partial charge on any atom is 0.159 e. The summed E-state index contributed by atoms with van der Waals surface area (Å²) in [4.78, 5) is 0. The summed E-state index contributed by atoms with van der Waals surface area (Å²) in [6, 6.07) is 2.13. The van der Waals surface area contributed by atoms with Gasteiger partial charge in [0.2, 0.25) is 0 Å². The molecule has 0 aliphatic carbocycles. The van der Waals surface area contributed by atoms with Gasteiger partial charge in [0.1, 0.15) is 0 Å². The van der Waals surface area contributed by atoms with Crippen LogP contribution in [0.4, 0.5) is 8.78 Å². The maximum atomic E-state index is 12.6. The predicted octanol–water partition coefficient (Wildman–Crippen LogP) is 2.26. The molecule has 0 radical (unpaired) electrons. The molecule has 0 saturated carbocycles. The molecule has 1 N–H and O–H groups in total. The van der Waals surface area contributed by atoms with Crippen molar-refractivity contribution in [1.29, 1.82) is 0 Å². The van der Waals surface area contributed by atoms with Crippen molar-refractivity contribution in [2.75, 3.05) is 6.61 Å². The van der Waals surface area contributed by atoms with E-state index in [1.54, 1.807) is 0 Å². The van der Waals surface area contributed by atoms with Crippen molar-refractivity contribution < 1.29 is 13.9 Å². The van der Waals surface area contributed by atoms with E-state index in [2.05, 4.69) is 15.9 Å². The molecule has 12 heavy (non-hydrogen) atoms. The van der Waals surface area contributed by atoms with Crippen molar-refractivity contribution in [3.63, 3.8) is 0 Å². The minimum Gasteiger partial charge on any atom is -0.396 e. The molecule has 1 nitrogen and oxygen atoms in total. The lowest BCUT2D eigenvalue weighted by atomic mass is 10.1. The Morgan fingerprint density at radius 2 is 1.83 bits per heavy atom. The zero-order valence-corrected chi connectivity index (χ0v) is 7.74. The summed E-state index contributed by atoms with van der Waals surface area (Å²) in [6.45, 7) is -0.0797. The number of benzene rings is 1. The normalized spacial score (nSPS) is 10.3. The smallest absolute Gasteiger partial charge is 0.159 e. The van der Waals surface area contributed by atoms with E-state index in [1.165, 1.54) is 0 Å². The second-order valence-electron chi connectivity index (χ2n) is 2.33. The lowest BCUT2D eigenvalue weighted by Crippen LogP contribution is -1.95. The second kappa shape index (κ2) is 3.96. The molecule has 0 aliphatic heterocycles. The fourth-order valence-electron chi connectivity index (χ4n) is 0.876. The van der Waals surface area contributed by atoms with Gasteiger partial charge in [-0.05, 0) is 24.1 Å². The third kappa shape index (κ3) is 2.01. The highest BCUT2D eigenvalue weighted by Gasteiger charge is 2.06. The first kappa shape index (κ1) is 9.61. The molecule has 0 bridgehead atoms. The van der Waals surface area contributed by atoms with E-state index < -0.39 is 11.6 Å². The van der Waals surface area contributed by atoms with Crippen LogP contribution < -0.4 is 0 Å². The van der Waals surface area contributed by atoms with E-state index in [0.29, 0.717) is 16.5 Å². The highest BCUT2D eigenvalue weighted by molar-refractivity contribution is 9.10. The number of hydrogen-bond acceptors (Lipinski definition) is 1. The van der Waals surface area contributed by atoms with Crippen molar-refractivity contribution in [1.82, 2.24) is 0 Å². The summed E-state index contributed by atoms with van der Waals surface area (Å²) in [5.41, 5.74) is 0.566. The van der Waals surface area contributed by atoms with Gasteiger partial charge in [-0.1, -0.05) is 15.9 Å². The van der Waals surface area contributed by atoms with Crippen LogP contribution in [-0.4, -0.2) is 11.7 Å². The molecule has 0 unspecified atom stereocenters. The molecule has 0 aromatic heterocycles. The number of rotatable bonds is 2. The molecular formula is C8H7BrF2O.